The van der Waals surface area contributed by atoms with Crippen molar-refractivity contribution in [2.75, 3.05) is 18.9 Å². The number of nitro groups is 1. The first kappa shape index (κ1) is 19.1. The predicted molar refractivity (Wildman–Crippen MR) is 91.1 cm³/mol. The summed E-state index contributed by atoms with van der Waals surface area (Å²) in [5.41, 5.74) is -0.300. The van der Waals surface area contributed by atoms with Gasteiger partial charge in [-0.15, -0.1) is 0 Å². The summed E-state index contributed by atoms with van der Waals surface area (Å²) >= 11 is 0. The zero-order valence-electron chi connectivity index (χ0n) is 13.7. The number of nitro benzene ring substituents is 1. The Morgan fingerprint density at radius 2 is 1.85 bits per heavy atom. The minimum atomic E-state index is -4.13. The number of aromatic hydroxyl groups is 1. The molecule has 0 bridgehead atoms. The van der Waals surface area contributed by atoms with Gasteiger partial charge in [-0.05, 0) is 36.4 Å². The lowest BCUT2D eigenvalue weighted by atomic mass is 10.2. The molecule has 0 spiro atoms. The largest absolute Gasteiger partial charge is 0.502 e. The molecule has 0 saturated heterocycles. The van der Waals surface area contributed by atoms with Crippen LogP contribution in [0.4, 0.5) is 11.4 Å². The third-order valence-electron chi connectivity index (χ3n) is 3.40. The molecule has 0 aliphatic heterocycles. The predicted octanol–water partition coefficient (Wildman–Crippen LogP) is 1.73. The fourth-order valence-electron chi connectivity index (χ4n) is 1.98. The number of anilines is 1. The molecule has 2 aromatic rings. The van der Waals surface area contributed by atoms with Crippen LogP contribution in [0.2, 0.25) is 0 Å². The molecule has 2 aromatic carbocycles. The first-order valence-corrected chi connectivity index (χ1v) is 8.56. The number of benzene rings is 2. The molecular formula is C15H15N3O7S. The normalized spacial score (nSPS) is 11.0. The lowest BCUT2D eigenvalue weighted by Gasteiger charge is -2.14. The van der Waals surface area contributed by atoms with E-state index in [4.69, 9.17) is 4.84 Å². The fourth-order valence-corrected chi connectivity index (χ4v) is 3.05. The number of carbonyl (C=O) groups is 1. The topological polar surface area (TPSA) is 139 Å². The van der Waals surface area contributed by atoms with Crippen LogP contribution in [0.1, 0.15) is 10.4 Å². The lowest BCUT2D eigenvalue weighted by Crippen LogP contribution is -2.25. The first-order chi connectivity index (χ1) is 12.2. The van der Waals surface area contributed by atoms with Crippen LogP contribution in [0, 0.1) is 10.1 Å². The number of hydrogen-bond donors (Lipinski definition) is 2. The summed E-state index contributed by atoms with van der Waals surface area (Å²) in [6.07, 6.45) is 0. The fraction of sp³-hybridized carbons (Fsp3) is 0.133. The van der Waals surface area contributed by atoms with Gasteiger partial charge in [0.2, 0.25) is 0 Å². The number of phenols is 1. The van der Waals surface area contributed by atoms with E-state index in [9.17, 15) is 28.4 Å². The second kappa shape index (κ2) is 7.37. The second-order valence-corrected chi connectivity index (χ2v) is 6.76. The SMILES string of the molecule is CON(C)C(=O)c1ccc(NS(=O)(=O)c2ccc(O)c([N+](=O)[O-])c2)cc1. The maximum Gasteiger partial charge on any atom is 0.312 e. The van der Waals surface area contributed by atoms with Crippen molar-refractivity contribution in [2.24, 2.45) is 0 Å². The van der Waals surface area contributed by atoms with Crippen LogP contribution in [0.15, 0.2) is 47.4 Å². The van der Waals surface area contributed by atoms with Crippen molar-refractivity contribution in [1.29, 1.82) is 0 Å². The molecule has 0 aromatic heterocycles. The van der Waals surface area contributed by atoms with Crippen LogP contribution in [0.5, 0.6) is 5.75 Å². The third-order valence-corrected chi connectivity index (χ3v) is 4.78. The number of rotatable bonds is 6. The molecule has 11 heteroatoms. The molecule has 0 radical (unpaired) electrons. The molecule has 26 heavy (non-hydrogen) atoms. The minimum absolute atomic E-state index is 0.150. The summed E-state index contributed by atoms with van der Waals surface area (Å²) in [4.78, 5) is 26.2. The van der Waals surface area contributed by atoms with Gasteiger partial charge in [-0.25, -0.2) is 13.5 Å². The molecule has 0 saturated carbocycles. The Morgan fingerprint density at radius 1 is 1.23 bits per heavy atom. The Morgan fingerprint density at radius 3 is 2.38 bits per heavy atom. The van der Waals surface area contributed by atoms with Crippen molar-refractivity contribution in [3.8, 4) is 5.75 Å². The summed E-state index contributed by atoms with van der Waals surface area (Å²) in [7, 11) is -1.37. The van der Waals surface area contributed by atoms with Gasteiger partial charge < -0.3 is 5.11 Å². The molecule has 0 fully saturated rings. The number of sulfonamides is 1. The first-order valence-electron chi connectivity index (χ1n) is 7.08. The highest BCUT2D eigenvalue weighted by Crippen LogP contribution is 2.29. The van der Waals surface area contributed by atoms with Gasteiger partial charge in [0, 0.05) is 24.4 Å². The second-order valence-electron chi connectivity index (χ2n) is 5.08. The molecule has 10 nitrogen and oxygen atoms in total. The number of carbonyl (C=O) groups excluding carboxylic acids is 1. The van der Waals surface area contributed by atoms with Crippen LogP contribution in [0.25, 0.3) is 0 Å². The number of amides is 1. The number of hydroxylamine groups is 2. The van der Waals surface area contributed by atoms with Crippen molar-refractivity contribution in [1.82, 2.24) is 5.06 Å². The molecule has 0 aliphatic carbocycles. The van der Waals surface area contributed by atoms with Crippen molar-refractivity contribution in [3.63, 3.8) is 0 Å². The molecule has 2 N–H and O–H groups in total. The molecule has 0 heterocycles. The van der Waals surface area contributed by atoms with Gasteiger partial charge in [-0.2, -0.15) is 0 Å². The van der Waals surface area contributed by atoms with Crippen LogP contribution >= 0.6 is 0 Å². The number of hydrogen-bond acceptors (Lipinski definition) is 7. The molecule has 1 amide bonds. The van der Waals surface area contributed by atoms with Crippen molar-refractivity contribution in [2.45, 2.75) is 4.90 Å². The van der Waals surface area contributed by atoms with E-state index in [1.165, 1.54) is 38.4 Å². The Labute approximate surface area is 148 Å². The smallest absolute Gasteiger partial charge is 0.312 e. The number of nitrogens with one attached hydrogen (secondary N) is 1. The van der Waals surface area contributed by atoms with Gasteiger partial charge in [0.05, 0.1) is 16.9 Å². The van der Waals surface area contributed by atoms with Crippen molar-refractivity contribution in [3.05, 3.63) is 58.1 Å². The Bertz CT molecular complexity index is 942. The van der Waals surface area contributed by atoms with Gasteiger partial charge in [0.1, 0.15) is 0 Å². The molecular weight excluding hydrogens is 366 g/mol. The summed E-state index contributed by atoms with van der Waals surface area (Å²) < 4.78 is 26.9. The maximum atomic E-state index is 12.4. The van der Waals surface area contributed by atoms with E-state index < -0.39 is 32.3 Å². The highest BCUT2D eigenvalue weighted by atomic mass is 32.2. The third kappa shape index (κ3) is 4.07. The van der Waals surface area contributed by atoms with E-state index in [-0.39, 0.29) is 16.1 Å². The van der Waals surface area contributed by atoms with E-state index in [2.05, 4.69) is 4.72 Å². The van der Waals surface area contributed by atoms with E-state index in [1.807, 2.05) is 0 Å². The highest BCUT2D eigenvalue weighted by molar-refractivity contribution is 7.92. The molecule has 0 atom stereocenters. The van der Waals surface area contributed by atoms with Gasteiger partial charge in [0.25, 0.3) is 15.9 Å². The standard InChI is InChI=1S/C15H15N3O7S/c1-17(25-2)15(20)10-3-5-11(6-4-10)16-26(23,24)12-7-8-14(19)13(9-12)18(21)22/h3-9,16,19H,1-2H3. The molecule has 0 aliphatic rings. The molecule has 0 unspecified atom stereocenters. The number of phenolic OH excluding ortho intramolecular Hbond substituents is 1. The highest BCUT2D eigenvalue weighted by Gasteiger charge is 2.21. The van der Waals surface area contributed by atoms with E-state index in [0.717, 1.165) is 23.3 Å². The van der Waals surface area contributed by atoms with Gasteiger partial charge >= 0.3 is 5.69 Å². The van der Waals surface area contributed by atoms with Crippen molar-refractivity contribution >= 4 is 27.3 Å². The van der Waals surface area contributed by atoms with Crippen LogP contribution in [0.3, 0.4) is 0 Å². The quantitative estimate of drug-likeness (QED) is 0.574. The van der Waals surface area contributed by atoms with Crippen molar-refractivity contribution < 1.29 is 28.1 Å². The van der Waals surface area contributed by atoms with Gasteiger partial charge in [-0.1, -0.05) is 0 Å². The Kier molecular flexibility index (Phi) is 5.43. The zero-order chi connectivity index (χ0) is 19.5. The molecule has 138 valence electrons. The minimum Gasteiger partial charge on any atom is -0.502 e. The van der Waals surface area contributed by atoms with E-state index in [0.29, 0.717) is 0 Å². The van der Waals surface area contributed by atoms with E-state index >= 15 is 0 Å². The maximum absolute atomic E-state index is 12.4. The van der Waals surface area contributed by atoms with Crippen LogP contribution in [-0.2, 0) is 14.9 Å². The Hall–Kier alpha value is -3.18. The summed E-state index contributed by atoms with van der Waals surface area (Å²) in [6.45, 7) is 0. The van der Waals surface area contributed by atoms with Gasteiger partial charge in [-0.3, -0.25) is 24.5 Å². The summed E-state index contributed by atoms with van der Waals surface area (Å²) in [6, 6.07) is 8.24. The monoisotopic (exact) mass is 381 g/mol. The van der Waals surface area contributed by atoms with Gasteiger partial charge in [0.15, 0.2) is 5.75 Å². The molecule has 2 rings (SSSR count). The summed E-state index contributed by atoms with van der Waals surface area (Å²) in [5, 5.41) is 21.2. The Balaban J connectivity index is 2.26. The van der Waals surface area contributed by atoms with Crippen LogP contribution in [-0.4, -0.2) is 43.6 Å². The number of nitrogens with zero attached hydrogens (tertiary/aromatic N) is 2. The lowest BCUT2D eigenvalue weighted by molar-refractivity contribution is -0.386. The average Bonchev–Trinajstić information content (AvgIpc) is 2.60. The van der Waals surface area contributed by atoms with Crippen LogP contribution < -0.4 is 4.72 Å². The summed E-state index contributed by atoms with van der Waals surface area (Å²) in [5.74, 6) is -1.06. The zero-order valence-corrected chi connectivity index (χ0v) is 14.6. The van der Waals surface area contributed by atoms with E-state index in [1.54, 1.807) is 0 Å². The average molecular weight is 381 g/mol.